The van der Waals surface area contributed by atoms with Crippen LogP contribution in [0.2, 0.25) is 0 Å². The smallest absolute Gasteiger partial charge is 0.406 e. The summed E-state index contributed by atoms with van der Waals surface area (Å²) in [5, 5.41) is 9.41. The Morgan fingerprint density at radius 3 is 2.50 bits per heavy atom. The van der Waals surface area contributed by atoms with Crippen LogP contribution in [-0.2, 0) is 6.54 Å². The highest BCUT2D eigenvalue weighted by Gasteiger charge is 2.31. The van der Waals surface area contributed by atoms with Crippen molar-refractivity contribution in [3.63, 3.8) is 0 Å². The van der Waals surface area contributed by atoms with Crippen molar-refractivity contribution in [1.82, 2.24) is 4.57 Å². The van der Waals surface area contributed by atoms with E-state index in [1.54, 1.807) is 12.1 Å². The maximum Gasteiger partial charge on any atom is 0.406 e. The van der Waals surface area contributed by atoms with Crippen LogP contribution in [0.15, 0.2) is 24.3 Å². The van der Waals surface area contributed by atoms with E-state index in [9.17, 15) is 18.0 Å². The Kier molecular flexibility index (Phi) is 2.80. The minimum Gasteiger partial charge on any atom is -0.478 e. The Labute approximate surface area is 100 Å². The number of carboxylic acids is 1. The molecule has 0 spiro atoms. The van der Waals surface area contributed by atoms with Gasteiger partial charge in [-0.3, -0.25) is 0 Å². The molecular formula is C12H10F3NO2. The first-order valence-electron chi connectivity index (χ1n) is 5.19. The van der Waals surface area contributed by atoms with Gasteiger partial charge < -0.3 is 9.67 Å². The number of rotatable bonds is 2. The number of aromatic nitrogens is 1. The summed E-state index contributed by atoms with van der Waals surface area (Å²) in [6.07, 6.45) is -4.39. The molecule has 1 aromatic heterocycles. The number of nitrogens with zero attached hydrogens (tertiary/aromatic N) is 1. The van der Waals surface area contributed by atoms with Crippen molar-refractivity contribution < 1.29 is 23.1 Å². The number of carbonyl (C=O) groups is 1. The van der Waals surface area contributed by atoms with E-state index >= 15 is 0 Å². The van der Waals surface area contributed by atoms with E-state index in [0.29, 0.717) is 5.39 Å². The first-order chi connectivity index (χ1) is 8.31. The number of para-hydroxylation sites is 1. The predicted octanol–water partition coefficient (Wildman–Crippen LogP) is 3.21. The lowest BCUT2D eigenvalue weighted by atomic mass is 10.1. The van der Waals surface area contributed by atoms with Crippen LogP contribution in [0.25, 0.3) is 10.9 Å². The molecular weight excluding hydrogens is 247 g/mol. The summed E-state index contributed by atoms with van der Waals surface area (Å²) in [5.74, 6) is -1.22. The molecule has 0 atom stereocenters. The SMILES string of the molecule is Cc1c(C(=O)O)c2ccccc2n1CC(F)(F)F. The molecule has 0 fully saturated rings. The molecule has 0 aliphatic carbocycles. The summed E-state index contributed by atoms with van der Waals surface area (Å²) in [4.78, 5) is 11.1. The Bertz CT molecular complexity index is 614. The monoisotopic (exact) mass is 257 g/mol. The number of fused-ring (bicyclic) bond motifs is 1. The van der Waals surface area contributed by atoms with Crippen LogP contribution in [0, 0.1) is 6.92 Å². The van der Waals surface area contributed by atoms with E-state index in [0.717, 1.165) is 4.57 Å². The minimum absolute atomic E-state index is 0.0742. The standard InChI is InChI=1S/C12H10F3NO2/c1-7-10(11(17)18)8-4-2-3-5-9(8)16(7)6-12(13,14)15/h2-5H,6H2,1H3,(H,17,18). The fourth-order valence-corrected chi connectivity index (χ4v) is 2.08. The van der Waals surface area contributed by atoms with Gasteiger partial charge in [-0.1, -0.05) is 18.2 Å². The molecule has 0 radical (unpaired) electrons. The summed E-state index contributed by atoms with van der Waals surface area (Å²) in [6, 6.07) is 6.19. The second-order valence-electron chi connectivity index (χ2n) is 3.98. The lowest BCUT2D eigenvalue weighted by Gasteiger charge is -2.11. The highest BCUT2D eigenvalue weighted by molar-refractivity contribution is 6.05. The molecule has 0 unspecified atom stereocenters. The van der Waals surface area contributed by atoms with Crippen LogP contribution in [0.1, 0.15) is 16.1 Å². The molecule has 1 heterocycles. The molecule has 2 rings (SSSR count). The summed E-state index contributed by atoms with van der Waals surface area (Å²) >= 11 is 0. The van der Waals surface area contributed by atoms with Crippen molar-refractivity contribution in [1.29, 1.82) is 0 Å². The fourth-order valence-electron chi connectivity index (χ4n) is 2.08. The Balaban J connectivity index is 2.73. The first-order valence-corrected chi connectivity index (χ1v) is 5.19. The van der Waals surface area contributed by atoms with E-state index in [1.807, 2.05) is 0 Å². The molecule has 0 aliphatic rings. The van der Waals surface area contributed by atoms with Crippen LogP contribution in [0.3, 0.4) is 0 Å². The van der Waals surface area contributed by atoms with Crippen molar-refractivity contribution in [2.75, 3.05) is 0 Å². The van der Waals surface area contributed by atoms with Gasteiger partial charge in [0.2, 0.25) is 0 Å². The van der Waals surface area contributed by atoms with Gasteiger partial charge >= 0.3 is 12.1 Å². The van der Waals surface area contributed by atoms with Crippen LogP contribution in [-0.4, -0.2) is 21.8 Å². The van der Waals surface area contributed by atoms with Gasteiger partial charge in [0.25, 0.3) is 0 Å². The highest BCUT2D eigenvalue weighted by atomic mass is 19.4. The van der Waals surface area contributed by atoms with E-state index in [1.165, 1.54) is 19.1 Å². The zero-order chi connectivity index (χ0) is 13.5. The van der Waals surface area contributed by atoms with Gasteiger partial charge in [-0.25, -0.2) is 4.79 Å². The van der Waals surface area contributed by atoms with Gasteiger partial charge in [-0.2, -0.15) is 13.2 Å². The number of hydrogen-bond acceptors (Lipinski definition) is 1. The van der Waals surface area contributed by atoms with Crippen LogP contribution >= 0.6 is 0 Å². The lowest BCUT2D eigenvalue weighted by molar-refractivity contribution is -0.140. The molecule has 1 N–H and O–H groups in total. The molecule has 0 saturated heterocycles. The van der Waals surface area contributed by atoms with E-state index in [-0.39, 0.29) is 16.8 Å². The number of alkyl halides is 3. The molecule has 18 heavy (non-hydrogen) atoms. The Hall–Kier alpha value is -1.98. The first kappa shape index (κ1) is 12.5. The molecule has 0 bridgehead atoms. The minimum atomic E-state index is -4.39. The van der Waals surface area contributed by atoms with Gasteiger partial charge in [-0.05, 0) is 13.0 Å². The van der Waals surface area contributed by atoms with E-state index in [2.05, 4.69) is 0 Å². The zero-order valence-electron chi connectivity index (χ0n) is 9.45. The number of carboxylic acid groups (broad SMARTS) is 1. The number of aromatic carboxylic acids is 1. The molecule has 0 amide bonds. The van der Waals surface area contributed by atoms with Crippen molar-refractivity contribution in [3.05, 3.63) is 35.5 Å². The largest absolute Gasteiger partial charge is 0.478 e. The maximum atomic E-state index is 12.5. The van der Waals surface area contributed by atoms with Crippen LogP contribution < -0.4 is 0 Å². The topological polar surface area (TPSA) is 42.2 Å². The molecule has 6 heteroatoms. The summed E-state index contributed by atoms with van der Waals surface area (Å²) in [6.45, 7) is 0.196. The third kappa shape index (κ3) is 2.05. The van der Waals surface area contributed by atoms with Crippen LogP contribution in [0.4, 0.5) is 13.2 Å². The van der Waals surface area contributed by atoms with Crippen molar-refractivity contribution in [2.24, 2.45) is 0 Å². The van der Waals surface area contributed by atoms with Crippen molar-refractivity contribution >= 4 is 16.9 Å². The normalized spacial score (nSPS) is 12.0. The molecule has 0 saturated carbocycles. The Morgan fingerprint density at radius 2 is 1.94 bits per heavy atom. The number of hydrogen-bond donors (Lipinski definition) is 1. The van der Waals surface area contributed by atoms with Gasteiger partial charge in [0, 0.05) is 16.6 Å². The zero-order valence-corrected chi connectivity index (χ0v) is 9.45. The van der Waals surface area contributed by atoms with Gasteiger partial charge in [0.05, 0.1) is 5.56 Å². The predicted molar refractivity (Wildman–Crippen MR) is 59.7 cm³/mol. The van der Waals surface area contributed by atoms with Gasteiger partial charge in [-0.15, -0.1) is 0 Å². The third-order valence-electron chi connectivity index (χ3n) is 2.78. The maximum absolute atomic E-state index is 12.5. The molecule has 0 aliphatic heterocycles. The molecule has 96 valence electrons. The third-order valence-corrected chi connectivity index (χ3v) is 2.78. The lowest BCUT2D eigenvalue weighted by Crippen LogP contribution is -2.18. The summed E-state index contributed by atoms with van der Waals surface area (Å²) < 4.78 is 38.5. The average molecular weight is 257 g/mol. The summed E-state index contributed by atoms with van der Waals surface area (Å²) in [5.41, 5.74) is 0.320. The van der Waals surface area contributed by atoms with E-state index < -0.39 is 18.7 Å². The average Bonchev–Trinajstić information content (AvgIpc) is 2.50. The van der Waals surface area contributed by atoms with Crippen LogP contribution in [0.5, 0.6) is 0 Å². The molecule has 2 aromatic rings. The van der Waals surface area contributed by atoms with Crippen molar-refractivity contribution in [2.45, 2.75) is 19.6 Å². The molecule has 1 aromatic carbocycles. The number of benzene rings is 1. The number of halogens is 3. The van der Waals surface area contributed by atoms with Gasteiger partial charge in [0.15, 0.2) is 0 Å². The second-order valence-corrected chi connectivity index (χ2v) is 3.98. The molecule has 3 nitrogen and oxygen atoms in total. The fraction of sp³-hybridized carbons (Fsp3) is 0.250. The second kappa shape index (κ2) is 4.04. The van der Waals surface area contributed by atoms with Gasteiger partial charge in [0.1, 0.15) is 6.54 Å². The van der Waals surface area contributed by atoms with Crippen molar-refractivity contribution in [3.8, 4) is 0 Å². The quantitative estimate of drug-likeness (QED) is 0.897. The highest BCUT2D eigenvalue weighted by Crippen LogP contribution is 2.29. The van der Waals surface area contributed by atoms with E-state index in [4.69, 9.17) is 5.11 Å². The Morgan fingerprint density at radius 1 is 1.33 bits per heavy atom. The summed E-state index contributed by atoms with van der Waals surface area (Å²) in [7, 11) is 0.